The van der Waals surface area contributed by atoms with Crippen LogP contribution in [0.25, 0.3) is 0 Å². The average Bonchev–Trinajstić information content (AvgIpc) is 2.82. The summed E-state index contributed by atoms with van der Waals surface area (Å²) in [5.74, 6) is -0.690. The molecule has 33 heavy (non-hydrogen) atoms. The van der Waals surface area contributed by atoms with E-state index in [9.17, 15) is 14.0 Å². The number of anilines is 2. The van der Waals surface area contributed by atoms with Crippen LogP contribution in [0, 0.1) is 28.9 Å². The van der Waals surface area contributed by atoms with Gasteiger partial charge in [0.1, 0.15) is 11.6 Å². The number of nitrogens with one attached hydrogen (secondary N) is 1. The van der Waals surface area contributed by atoms with Crippen molar-refractivity contribution in [2.45, 2.75) is 39.0 Å². The number of unbranched alkanes of at least 4 members (excludes halogenated alkanes) is 1. The molecule has 0 bridgehead atoms. The van der Waals surface area contributed by atoms with Gasteiger partial charge in [-0.25, -0.2) is 8.78 Å². The van der Waals surface area contributed by atoms with Gasteiger partial charge in [0, 0.05) is 19.2 Å². The molecule has 0 aliphatic carbocycles. The zero-order valence-corrected chi connectivity index (χ0v) is 19.1. The van der Waals surface area contributed by atoms with Crippen molar-refractivity contribution in [2.24, 2.45) is 10.9 Å². The first-order valence-electron chi connectivity index (χ1n) is 11.3. The number of allylic oxidation sites excluding steroid dienone is 1. The minimum absolute atomic E-state index is 0.333. The number of halogens is 2. The first kappa shape index (κ1) is 24.2. The molecule has 0 saturated carbocycles. The average molecular weight is 449 g/mol. The van der Waals surface area contributed by atoms with Gasteiger partial charge in [0.15, 0.2) is 0 Å². The number of rotatable bonds is 9. The predicted molar refractivity (Wildman–Crippen MR) is 131 cm³/mol. The molecule has 6 heteroatoms. The summed E-state index contributed by atoms with van der Waals surface area (Å²) in [6.45, 7) is 11.5. The highest BCUT2D eigenvalue weighted by atomic mass is 19.1. The van der Waals surface area contributed by atoms with Crippen LogP contribution < -0.4 is 10.2 Å². The van der Waals surface area contributed by atoms with E-state index in [0.717, 1.165) is 56.2 Å². The third-order valence-electron chi connectivity index (χ3n) is 6.00. The molecule has 0 radical (unpaired) electrons. The number of nitriles is 1. The number of benzene rings is 2. The largest absolute Gasteiger partial charge is 0.370 e. The van der Waals surface area contributed by atoms with Gasteiger partial charge < -0.3 is 10.2 Å². The van der Waals surface area contributed by atoms with Crippen LogP contribution in [0.1, 0.15) is 43.7 Å². The SMILES string of the molecule is C=N/C(=C\CCC)C(=C)Nc1cc(C#N)ccc1N1CCC(Cc2ccc(F)cc2F)CC1. The van der Waals surface area contributed by atoms with E-state index in [1.54, 1.807) is 6.07 Å². The van der Waals surface area contributed by atoms with E-state index in [-0.39, 0.29) is 0 Å². The van der Waals surface area contributed by atoms with Crippen LogP contribution in [0.2, 0.25) is 0 Å². The smallest absolute Gasteiger partial charge is 0.129 e. The fraction of sp³-hybridized carbons (Fsp3) is 0.333. The summed E-state index contributed by atoms with van der Waals surface area (Å²) in [7, 11) is 0. The lowest BCUT2D eigenvalue weighted by Gasteiger charge is -2.35. The van der Waals surface area contributed by atoms with E-state index in [1.807, 2.05) is 24.3 Å². The molecule has 1 heterocycles. The van der Waals surface area contributed by atoms with E-state index >= 15 is 0 Å². The maximum absolute atomic E-state index is 14.1. The third kappa shape index (κ3) is 6.29. The molecule has 0 unspecified atom stereocenters. The molecule has 1 saturated heterocycles. The second-order valence-corrected chi connectivity index (χ2v) is 8.35. The molecule has 172 valence electrons. The highest BCUT2D eigenvalue weighted by Crippen LogP contribution is 2.33. The van der Waals surface area contributed by atoms with Crippen molar-refractivity contribution in [1.29, 1.82) is 5.26 Å². The molecule has 1 aliphatic heterocycles. The lowest BCUT2D eigenvalue weighted by atomic mass is 9.89. The maximum atomic E-state index is 14.1. The van der Waals surface area contributed by atoms with Gasteiger partial charge in [-0.3, -0.25) is 4.99 Å². The van der Waals surface area contributed by atoms with Crippen molar-refractivity contribution in [3.05, 3.63) is 83.2 Å². The van der Waals surface area contributed by atoms with Crippen molar-refractivity contribution in [3.63, 3.8) is 0 Å². The second kappa shape index (κ2) is 11.4. The van der Waals surface area contributed by atoms with E-state index in [2.05, 4.69) is 41.5 Å². The highest BCUT2D eigenvalue weighted by Gasteiger charge is 2.23. The van der Waals surface area contributed by atoms with Crippen LogP contribution in [0.5, 0.6) is 0 Å². The molecular formula is C27H30F2N4. The number of nitrogens with zero attached hydrogens (tertiary/aromatic N) is 3. The van der Waals surface area contributed by atoms with Crippen molar-refractivity contribution in [1.82, 2.24) is 0 Å². The van der Waals surface area contributed by atoms with Crippen LogP contribution in [-0.2, 0) is 6.42 Å². The van der Waals surface area contributed by atoms with E-state index in [4.69, 9.17) is 0 Å². The molecule has 4 nitrogen and oxygen atoms in total. The van der Waals surface area contributed by atoms with E-state index in [1.165, 1.54) is 6.07 Å². The maximum Gasteiger partial charge on any atom is 0.129 e. The first-order valence-corrected chi connectivity index (χ1v) is 11.3. The predicted octanol–water partition coefficient (Wildman–Crippen LogP) is 6.61. The lowest BCUT2D eigenvalue weighted by Crippen LogP contribution is -2.34. The number of piperidine rings is 1. The number of hydrogen-bond acceptors (Lipinski definition) is 4. The molecule has 1 aliphatic rings. The fourth-order valence-corrected chi connectivity index (χ4v) is 4.15. The van der Waals surface area contributed by atoms with Gasteiger partial charge in [-0.15, -0.1) is 0 Å². The van der Waals surface area contributed by atoms with Gasteiger partial charge in [0.2, 0.25) is 0 Å². The second-order valence-electron chi connectivity index (χ2n) is 8.35. The molecule has 0 spiro atoms. The summed E-state index contributed by atoms with van der Waals surface area (Å²) < 4.78 is 27.2. The van der Waals surface area contributed by atoms with Crippen molar-refractivity contribution in [2.75, 3.05) is 23.3 Å². The Bertz CT molecular complexity index is 1080. The van der Waals surface area contributed by atoms with Gasteiger partial charge in [-0.2, -0.15) is 5.26 Å². The Balaban J connectivity index is 1.72. The lowest BCUT2D eigenvalue weighted by molar-refractivity contribution is 0.397. The molecule has 2 aromatic carbocycles. The molecule has 0 aromatic heterocycles. The highest BCUT2D eigenvalue weighted by molar-refractivity contribution is 5.74. The van der Waals surface area contributed by atoms with Gasteiger partial charge in [-0.05, 0) is 68.1 Å². The fourth-order valence-electron chi connectivity index (χ4n) is 4.15. The van der Waals surface area contributed by atoms with Crippen molar-refractivity contribution >= 4 is 18.1 Å². The van der Waals surface area contributed by atoms with Crippen LogP contribution in [0.3, 0.4) is 0 Å². The Morgan fingerprint density at radius 1 is 1.24 bits per heavy atom. The van der Waals surface area contributed by atoms with E-state index in [0.29, 0.717) is 34.9 Å². The monoisotopic (exact) mass is 448 g/mol. The first-order chi connectivity index (χ1) is 15.9. The third-order valence-corrected chi connectivity index (χ3v) is 6.00. The van der Waals surface area contributed by atoms with Crippen molar-refractivity contribution < 1.29 is 8.78 Å². The quantitative estimate of drug-likeness (QED) is 0.347. The summed E-state index contributed by atoms with van der Waals surface area (Å²) in [6, 6.07) is 11.6. The Kier molecular flexibility index (Phi) is 8.37. The summed E-state index contributed by atoms with van der Waals surface area (Å²) in [5.41, 5.74) is 4.24. The molecule has 1 fully saturated rings. The summed E-state index contributed by atoms with van der Waals surface area (Å²) in [5, 5.41) is 12.7. The normalized spacial score (nSPS) is 14.6. The Hall–Kier alpha value is -3.46. The van der Waals surface area contributed by atoms with Gasteiger partial charge in [0.25, 0.3) is 0 Å². The Labute approximate surface area is 195 Å². The van der Waals surface area contributed by atoms with Crippen LogP contribution in [0.15, 0.2) is 65.4 Å². The number of hydrogen-bond donors (Lipinski definition) is 1. The van der Waals surface area contributed by atoms with E-state index < -0.39 is 11.6 Å². The molecular weight excluding hydrogens is 418 g/mol. The van der Waals surface area contributed by atoms with Gasteiger partial charge in [-0.1, -0.05) is 32.1 Å². The molecule has 0 amide bonds. The molecule has 3 rings (SSSR count). The Morgan fingerprint density at radius 3 is 2.64 bits per heavy atom. The molecule has 2 aromatic rings. The molecule has 1 N–H and O–H groups in total. The van der Waals surface area contributed by atoms with Crippen LogP contribution >= 0.6 is 0 Å². The molecule has 0 atom stereocenters. The summed E-state index contributed by atoms with van der Waals surface area (Å²) in [4.78, 5) is 6.35. The summed E-state index contributed by atoms with van der Waals surface area (Å²) >= 11 is 0. The van der Waals surface area contributed by atoms with Gasteiger partial charge >= 0.3 is 0 Å². The van der Waals surface area contributed by atoms with Crippen LogP contribution in [0.4, 0.5) is 20.2 Å². The van der Waals surface area contributed by atoms with Crippen molar-refractivity contribution in [3.8, 4) is 6.07 Å². The Morgan fingerprint density at radius 2 is 2.00 bits per heavy atom. The summed E-state index contributed by atoms with van der Waals surface area (Å²) in [6.07, 6.45) is 6.27. The zero-order chi connectivity index (χ0) is 23.8. The topological polar surface area (TPSA) is 51.4 Å². The minimum atomic E-state index is -0.548. The standard InChI is InChI=1S/C27H30F2N4/c1-4-5-6-25(31-3)19(2)32-26-16-21(18-30)7-10-27(26)33-13-11-20(12-14-33)15-22-8-9-23(28)17-24(22)29/h6-10,16-17,20,32H,2-5,11-15H2,1H3/b25-6-. The number of aliphatic imine (C=N–C) groups is 1. The zero-order valence-electron chi connectivity index (χ0n) is 19.1. The minimum Gasteiger partial charge on any atom is -0.370 e. The van der Waals surface area contributed by atoms with Gasteiger partial charge in [0.05, 0.1) is 34.4 Å². The van der Waals surface area contributed by atoms with Crippen LogP contribution in [-0.4, -0.2) is 19.8 Å².